The molecule has 2 atom stereocenters. The molecule has 1 saturated heterocycles. The molecule has 1 heterocycles. The van der Waals surface area contributed by atoms with E-state index >= 15 is 0 Å². The van der Waals surface area contributed by atoms with Crippen LogP contribution in [0.25, 0.3) is 0 Å². The van der Waals surface area contributed by atoms with E-state index in [9.17, 15) is 0 Å². The second-order valence-electron chi connectivity index (χ2n) is 8.31. The van der Waals surface area contributed by atoms with Crippen LogP contribution in [0.1, 0.15) is 65.7 Å². The summed E-state index contributed by atoms with van der Waals surface area (Å²) in [7, 11) is 0. The summed E-state index contributed by atoms with van der Waals surface area (Å²) >= 11 is 0. The standard InChI is InChI=1S/C18H34N2/c1-14-4-6-16(7-5-14)10-11-20-13-18(3,17-8-9-17)19-12-15(20)2/h14-17,19H,4-13H2,1-3H3. The van der Waals surface area contributed by atoms with E-state index < -0.39 is 0 Å². The largest absolute Gasteiger partial charge is 0.308 e. The van der Waals surface area contributed by atoms with Gasteiger partial charge in [-0.2, -0.15) is 0 Å². The van der Waals surface area contributed by atoms with E-state index in [2.05, 4.69) is 31.0 Å². The van der Waals surface area contributed by atoms with Crippen molar-refractivity contribution in [1.29, 1.82) is 0 Å². The van der Waals surface area contributed by atoms with Crippen LogP contribution in [-0.2, 0) is 0 Å². The van der Waals surface area contributed by atoms with Gasteiger partial charge in [-0.25, -0.2) is 0 Å². The Hall–Kier alpha value is -0.0800. The van der Waals surface area contributed by atoms with Crippen molar-refractivity contribution in [1.82, 2.24) is 10.2 Å². The molecule has 0 aromatic rings. The molecule has 0 bridgehead atoms. The Labute approximate surface area is 125 Å². The van der Waals surface area contributed by atoms with Crippen molar-refractivity contribution in [3.63, 3.8) is 0 Å². The summed E-state index contributed by atoms with van der Waals surface area (Å²) in [6.07, 6.45) is 10.3. The maximum absolute atomic E-state index is 3.84. The summed E-state index contributed by atoms with van der Waals surface area (Å²) in [6, 6.07) is 0.726. The topological polar surface area (TPSA) is 15.3 Å². The Morgan fingerprint density at radius 3 is 2.40 bits per heavy atom. The highest BCUT2D eigenvalue weighted by Crippen LogP contribution is 2.41. The maximum Gasteiger partial charge on any atom is 0.0309 e. The number of hydrogen-bond donors (Lipinski definition) is 1. The first-order valence-corrected chi connectivity index (χ1v) is 9.06. The average Bonchev–Trinajstić information content (AvgIpc) is 3.27. The molecule has 2 unspecified atom stereocenters. The summed E-state index contributed by atoms with van der Waals surface area (Å²) in [5.41, 5.74) is 0.410. The lowest BCUT2D eigenvalue weighted by Gasteiger charge is -2.46. The van der Waals surface area contributed by atoms with Gasteiger partial charge in [-0.3, -0.25) is 4.90 Å². The lowest BCUT2D eigenvalue weighted by atomic mass is 9.81. The lowest BCUT2D eigenvalue weighted by Crippen LogP contribution is -2.63. The highest BCUT2D eigenvalue weighted by Gasteiger charge is 2.45. The van der Waals surface area contributed by atoms with Crippen LogP contribution in [0.5, 0.6) is 0 Å². The zero-order valence-corrected chi connectivity index (χ0v) is 13.8. The van der Waals surface area contributed by atoms with Gasteiger partial charge in [0.2, 0.25) is 0 Å². The third kappa shape index (κ3) is 3.39. The third-order valence-corrected chi connectivity index (χ3v) is 6.39. The van der Waals surface area contributed by atoms with E-state index in [0.717, 1.165) is 23.8 Å². The van der Waals surface area contributed by atoms with Crippen LogP contribution >= 0.6 is 0 Å². The molecular formula is C18H34N2. The molecule has 0 amide bonds. The fourth-order valence-electron chi connectivity index (χ4n) is 4.40. The van der Waals surface area contributed by atoms with Gasteiger partial charge in [-0.05, 0) is 57.4 Å². The summed E-state index contributed by atoms with van der Waals surface area (Å²) < 4.78 is 0. The Balaban J connectivity index is 1.48. The van der Waals surface area contributed by atoms with Crippen molar-refractivity contribution in [3.05, 3.63) is 0 Å². The highest BCUT2D eigenvalue weighted by molar-refractivity contribution is 5.03. The second-order valence-corrected chi connectivity index (χ2v) is 8.31. The van der Waals surface area contributed by atoms with Crippen molar-refractivity contribution < 1.29 is 0 Å². The van der Waals surface area contributed by atoms with Gasteiger partial charge < -0.3 is 5.32 Å². The molecule has 0 aromatic carbocycles. The van der Waals surface area contributed by atoms with Crippen molar-refractivity contribution in [2.75, 3.05) is 19.6 Å². The molecule has 2 saturated carbocycles. The summed E-state index contributed by atoms with van der Waals surface area (Å²) in [6.45, 7) is 11.1. The Kier molecular flexibility index (Phi) is 4.42. The molecule has 1 N–H and O–H groups in total. The Morgan fingerprint density at radius 2 is 1.75 bits per heavy atom. The number of nitrogens with zero attached hydrogens (tertiary/aromatic N) is 1. The van der Waals surface area contributed by atoms with E-state index in [0.29, 0.717) is 5.54 Å². The molecular weight excluding hydrogens is 244 g/mol. The molecule has 3 fully saturated rings. The molecule has 3 rings (SSSR count). The van der Waals surface area contributed by atoms with Gasteiger partial charge >= 0.3 is 0 Å². The van der Waals surface area contributed by atoms with Gasteiger partial charge in [-0.15, -0.1) is 0 Å². The van der Waals surface area contributed by atoms with Gasteiger partial charge in [0.15, 0.2) is 0 Å². The first-order valence-electron chi connectivity index (χ1n) is 9.06. The number of piperazine rings is 1. The van der Waals surface area contributed by atoms with E-state index in [4.69, 9.17) is 0 Å². The molecule has 0 aromatic heterocycles. The molecule has 20 heavy (non-hydrogen) atoms. The molecule has 2 nitrogen and oxygen atoms in total. The monoisotopic (exact) mass is 278 g/mol. The predicted molar refractivity (Wildman–Crippen MR) is 85.9 cm³/mol. The zero-order valence-electron chi connectivity index (χ0n) is 13.8. The summed E-state index contributed by atoms with van der Waals surface area (Å²) in [4.78, 5) is 2.78. The van der Waals surface area contributed by atoms with E-state index in [1.165, 1.54) is 64.6 Å². The average molecular weight is 278 g/mol. The number of hydrogen-bond acceptors (Lipinski definition) is 2. The van der Waals surface area contributed by atoms with Crippen molar-refractivity contribution in [2.45, 2.75) is 77.3 Å². The number of rotatable bonds is 4. The van der Waals surface area contributed by atoms with Gasteiger partial charge in [0.05, 0.1) is 0 Å². The summed E-state index contributed by atoms with van der Waals surface area (Å²) in [5.74, 6) is 2.95. The van der Waals surface area contributed by atoms with E-state index in [1.54, 1.807) is 0 Å². The lowest BCUT2D eigenvalue weighted by molar-refractivity contribution is 0.0750. The van der Waals surface area contributed by atoms with Gasteiger partial charge in [0.25, 0.3) is 0 Å². The van der Waals surface area contributed by atoms with Crippen molar-refractivity contribution in [2.24, 2.45) is 17.8 Å². The Bertz CT molecular complexity index is 317. The molecule has 1 aliphatic heterocycles. The van der Waals surface area contributed by atoms with E-state index in [1.807, 2.05) is 0 Å². The van der Waals surface area contributed by atoms with Crippen LogP contribution in [0, 0.1) is 17.8 Å². The molecule has 116 valence electrons. The predicted octanol–water partition coefficient (Wildman–Crippen LogP) is 3.67. The minimum atomic E-state index is 0.410. The van der Waals surface area contributed by atoms with Crippen LogP contribution in [0.3, 0.4) is 0 Å². The SMILES string of the molecule is CC1CCC(CCN2CC(C)(C3CC3)NCC2C)CC1. The molecule has 2 aliphatic carbocycles. The molecule has 3 aliphatic rings. The molecule has 2 heteroatoms. The van der Waals surface area contributed by atoms with Crippen LogP contribution in [-0.4, -0.2) is 36.1 Å². The fraction of sp³-hybridized carbons (Fsp3) is 1.00. The maximum atomic E-state index is 3.84. The van der Waals surface area contributed by atoms with Crippen LogP contribution < -0.4 is 5.32 Å². The van der Waals surface area contributed by atoms with Crippen molar-refractivity contribution >= 4 is 0 Å². The van der Waals surface area contributed by atoms with Gasteiger partial charge in [-0.1, -0.05) is 32.6 Å². The van der Waals surface area contributed by atoms with Crippen LogP contribution in [0.4, 0.5) is 0 Å². The Morgan fingerprint density at radius 1 is 1.05 bits per heavy atom. The van der Waals surface area contributed by atoms with E-state index in [-0.39, 0.29) is 0 Å². The molecule has 0 spiro atoms. The summed E-state index contributed by atoms with van der Waals surface area (Å²) in [5, 5.41) is 3.84. The van der Waals surface area contributed by atoms with Crippen molar-refractivity contribution in [3.8, 4) is 0 Å². The zero-order chi connectivity index (χ0) is 14.2. The highest BCUT2D eigenvalue weighted by atomic mass is 15.3. The minimum Gasteiger partial charge on any atom is -0.308 e. The first-order chi connectivity index (χ1) is 9.57. The quantitative estimate of drug-likeness (QED) is 0.844. The van der Waals surface area contributed by atoms with Gasteiger partial charge in [0, 0.05) is 24.7 Å². The smallest absolute Gasteiger partial charge is 0.0309 e. The normalized spacial score (nSPS) is 43.6. The van der Waals surface area contributed by atoms with Crippen LogP contribution in [0.2, 0.25) is 0 Å². The fourth-order valence-corrected chi connectivity index (χ4v) is 4.40. The molecule has 0 radical (unpaired) electrons. The number of nitrogens with one attached hydrogen (secondary N) is 1. The third-order valence-electron chi connectivity index (χ3n) is 6.39. The van der Waals surface area contributed by atoms with Gasteiger partial charge in [0.1, 0.15) is 0 Å². The minimum absolute atomic E-state index is 0.410. The van der Waals surface area contributed by atoms with Crippen LogP contribution in [0.15, 0.2) is 0 Å². The second kappa shape index (κ2) is 5.96. The first kappa shape index (κ1) is 14.8.